The number of rotatable bonds is 6. The molecule has 0 saturated heterocycles. The number of nitrogens with zero attached hydrogens (tertiary/aromatic N) is 3. The number of Topliss-reactive ketones (excluding diaryl/α,β-unsaturated/α-hetero) is 3. The Morgan fingerprint density at radius 1 is 1.10 bits per heavy atom. The van der Waals surface area contributed by atoms with Gasteiger partial charge in [0, 0.05) is 5.56 Å². The Balaban J connectivity index is 1.97. The molecule has 2 aromatic rings. The Bertz CT molecular complexity index is 654. The van der Waals surface area contributed by atoms with Crippen molar-refractivity contribution < 1.29 is 14.4 Å². The zero-order valence-corrected chi connectivity index (χ0v) is 10.9. The fourth-order valence-corrected chi connectivity index (χ4v) is 1.80. The lowest BCUT2D eigenvalue weighted by atomic mass is 10.0. The zero-order valence-electron chi connectivity index (χ0n) is 10.2. The van der Waals surface area contributed by atoms with E-state index in [2.05, 4.69) is 20.6 Å². The van der Waals surface area contributed by atoms with Crippen molar-refractivity contribution in [2.45, 2.75) is 12.8 Å². The third-order valence-corrected chi connectivity index (χ3v) is 2.81. The van der Waals surface area contributed by atoms with Crippen LogP contribution in [-0.2, 0) is 4.79 Å². The predicted molar refractivity (Wildman–Crippen MR) is 68.5 cm³/mol. The lowest BCUT2D eigenvalue weighted by Crippen LogP contribution is -2.14. The van der Waals surface area contributed by atoms with Crippen LogP contribution in [-0.4, -0.2) is 38.0 Å². The van der Waals surface area contributed by atoms with Gasteiger partial charge in [0.15, 0.2) is 5.78 Å². The van der Waals surface area contributed by atoms with Gasteiger partial charge in [-0.3, -0.25) is 14.4 Å². The van der Waals surface area contributed by atoms with Crippen molar-refractivity contribution in [1.82, 2.24) is 20.6 Å². The third kappa shape index (κ3) is 3.33. The van der Waals surface area contributed by atoms with E-state index in [4.69, 9.17) is 11.6 Å². The first-order valence-corrected chi connectivity index (χ1v) is 6.02. The zero-order chi connectivity index (χ0) is 14.5. The fraction of sp³-hybridized carbons (Fsp3) is 0.167. The van der Waals surface area contributed by atoms with Crippen LogP contribution in [0.1, 0.15) is 33.8 Å². The molecule has 0 amide bonds. The van der Waals surface area contributed by atoms with Crippen molar-refractivity contribution in [2.24, 2.45) is 0 Å². The summed E-state index contributed by atoms with van der Waals surface area (Å²) >= 11 is 5.86. The topological polar surface area (TPSA) is 106 Å². The van der Waals surface area contributed by atoms with Crippen molar-refractivity contribution in [3.8, 4) is 0 Å². The van der Waals surface area contributed by atoms with Gasteiger partial charge < -0.3 is 0 Å². The maximum atomic E-state index is 11.9. The summed E-state index contributed by atoms with van der Waals surface area (Å²) < 4.78 is 0. The van der Waals surface area contributed by atoms with E-state index in [0.29, 0.717) is 0 Å². The van der Waals surface area contributed by atoms with E-state index in [-0.39, 0.29) is 16.4 Å². The van der Waals surface area contributed by atoms with Crippen LogP contribution in [0.25, 0.3) is 0 Å². The molecular formula is C12H9ClN4O3. The molecule has 0 fully saturated rings. The number of ketones is 3. The van der Waals surface area contributed by atoms with Crippen LogP contribution in [0, 0.1) is 0 Å². The van der Waals surface area contributed by atoms with Crippen LogP contribution in [0.2, 0.25) is 5.02 Å². The summed E-state index contributed by atoms with van der Waals surface area (Å²) in [5, 5.41) is 12.5. The summed E-state index contributed by atoms with van der Waals surface area (Å²) in [6.07, 6.45) is -0.844. The Morgan fingerprint density at radius 3 is 2.45 bits per heavy atom. The van der Waals surface area contributed by atoms with Gasteiger partial charge in [-0.25, -0.2) is 0 Å². The van der Waals surface area contributed by atoms with Gasteiger partial charge in [0.1, 0.15) is 5.78 Å². The van der Waals surface area contributed by atoms with Gasteiger partial charge in [-0.05, 0) is 17.3 Å². The molecule has 1 heterocycles. The number of aromatic amines is 1. The monoisotopic (exact) mass is 292 g/mol. The minimum absolute atomic E-state index is 0.177. The molecule has 1 aromatic heterocycles. The molecular weight excluding hydrogens is 284 g/mol. The highest BCUT2D eigenvalue weighted by Crippen LogP contribution is 2.17. The minimum atomic E-state index is -0.587. The molecule has 0 atom stereocenters. The second kappa shape index (κ2) is 6.16. The normalized spacial score (nSPS) is 10.2. The molecule has 0 radical (unpaired) electrons. The van der Waals surface area contributed by atoms with E-state index in [9.17, 15) is 14.4 Å². The minimum Gasteiger partial charge on any atom is -0.299 e. The molecule has 0 bridgehead atoms. The van der Waals surface area contributed by atoms with Crippen LogP contribution >= 0.6 is 11.6 Å². The van der Waals surface area contributed by atoms with Crippen LogP contribution in [0.5, 0.6) is 0 Å². The summed E-state index contributed by atoms with van der Waals surface area (Å²) in [6.45, 7) is 0. The number of hydrogen-bond acceptors (Lipinski definition) is 6. The van der Waals surface area contributed by atoms with Gasteiger partial charge in [0.2, 0.25) is 11.6 Å². The van der Waals surface area contributed by atoms with Crippen molar-refractivity contribution >= 4 is 29.0 Å². The molecule has 0 aliphatic heterocycles. The summed E-state index contributed by atoms with van der Waals surface area (Å²) in [7, 11) is 0. The quantitative estimate of drug-likeness (QED) is 0.635. The molecule has 1 N–H and O–H groups in total. The largest absolute Gasteiger partial charge is 0.299 e. The number of H-pyrrole nitrogens is 1. The van der Waals surface area contributed by atoms with Gasteiger partial charge in [-0.15, -0.1) is 10.2 Å². The summed E-state index contributed by atoms with van der Waals surface area (Å²) in [5.41, 5.74) is 0.259. The lowest BCUT2D eigenvalue weighted by Gasteiger charge is -2.02. The van der Waals surface area contributed by atoms with Crippen LogP contribution < -0.4 is 0 Å². The maximum Gasteiger partial charge on any atom is 0.240 e. The molecule has 8 heteroatoms. The standard InChI is InChI=1S/C12H9ClN4O3/c13-9-4-2-1-3-8(9)10(19)5-7(18)6-11(20)12-14-16-17-15-12/h1-4H,5-6H2,(H,14,15,16,17). The second-order valence-electron chi connectivity index (χ2n) is 3.95. The van der Waals surface area contributed by atoms with Crippen molar-refractivity contribution in [1.29, 1.82) is 0 Å². The second-order valence-corrected chi connectivity index (χ2v) is 4.36. The van der Waals surface area contributed by atoms with E-state index >= 15 is 0 Å². The number of tetrazole rings is 1. The number of aromatic nitrogens is 4. The van der Waals surface area contributed by atoms with Crippen LogP contribution in [0.4, 0.5) is 0 Å². The maximum absolute atomic E-state index is 11.9. The molecule has 0 spiro atoms. The number of carbonyl (C=O) groups is 3. The molecule has 102 valence electrons. The molecule has 0 aliphatic carbocycles. The number of benzene rings is 1. The van der Waals surface area contributed by atoms with Gasteiger partial charge >= 0.3 is 0 Å². The van der Waals surface area contributed by atoms with E-state index < -0.39 is 30.2 Å². The Hall–Kier alpha value is -2.41. The molecule has 2 rings (SSSR count). The van der Waals surface area contributed by atoms with E-state index in [1.54, 1.807) is 18.2 Å². The van der Waals surface area contributed by atoms with Crippen LogP contribution in [0.15, 0.2) is 24.3 Å². The molecule has 20 heavy (non-hydrogen) atoms. The van der Waals surface area contributed by atoms with Gasteiger partial charge in [0.05, 0.1) is 17.9 Å². The SMILES string of the molecule is O=C(CC(=O)c1nn[nH]n1)CC(=O)c1ccccc1Cl. The van der Waals surface area contributed by atoms with Gasteiger partial charge in [-0.2, -0.15) is 5.21 Å². The van der Waals surface area contributed by atoms with Crippen molar-refractivity contribution in [2.75, 3.05) is 0 Å². The number of nitrogens with one attached hydrogen (secondary N) is 1. The average Bonchev–Trinajstić information content (AvgIpc) is 2.92. The number of carbonyl (C=O) groups excluding carboxylic acids is 3. The van der Waals surface area contributed by atoms with Gasteiger partial charge in [-0.1, -0.05) is 23.7 Å². The molecule has 0 saturated carbocycles. The highest BCUT2D eigenvalue weighted by Gasteiger charge is 2.19. The Morgan fingerprint density at radius 2 is 1.80 bits per heavy atom. The summed E-state index contributed by atoms with van der Waals surface area (Å²) in [5.74, 6) is -1.72. The highest BCUT2D eigenvalue weighted by atomic mass is 35.5. The molecule has 7 nitrogen and oxygen atoms in total. The summed E-state index contributed by atoms with van der Waals surface area (Å²) in [4.78, 5) is 35.1. The summed E-state index contributed by atoms with van der Waals surface area (Å²) in [6, 6.07) is 6.41. The molecule has 0 aliphatic rings. The molecule has 1 aromatic carbocycles. The first-order chi connectivity index (χ1) is 9.58. The van der Waals surface area contributed by atoms with Gasteiger partial charge in [0.25, 0.3) is 0 Å². The van der Waals surface area contributed by atoms with E-state index in [1.807, 2.05) is 0 Å². The number of hydrogen-bond donors (Lipinski definition) is 1. The Labute approximate surface area is 118 Å². The smallest absolute Gasteiger partial charge is 0.240 e. The van der Waals surface area contributed by atoms with Crippen molar-refractivity contribution in [3.05, 3.63) is 40.7 Å². The highest BCUT2D eigenvalue weighted by molar-refractivity contribution is 6.34. The third-order valence-electron chi connectivity index (χ3n) is 2.48. The van der Waals surface area contributed by atoms with E-state index in [1.165, 1.54) is 6.07 Å². The Kier molecular flexibility index (Phi) is 4.31. The fourth-order valence-electron chi connectivity index (χ4n) is 1.56. The van der Waals surface area contributed by atoms with Crippen LogP contribution in [0.3, 0.4) is 0 Å². The number of halogens is 1. The average molecular weight is 293 g/mol. The predicted octanol–water partition coefficient (Wildman–Crippen LogP) is 1.27. The van der Waals surface area contributed by atoms with E-state index in [0.717, 1.165) is 0 Å². The lowest BCUT2D eigenvalue weighted by molar-refractivity contribution is -0.117. The van der Waals surface area contributed by atoms with Crippen molar-refractivity contribution in [3.63, 3.8) is 0 Å². The first-order valence-electron chi connectivity index (χ1n) is 5.64. The molecule has 0 unspecified atom stereocenters. The first kappa shape index (κ1) is 14.0.